The lowest BCUT2D eigenvalue weighted by atomic mass is 10.00. The van der Waals surface area contributed by atoms with Crippen molar-refractivity contribution < 1.29 is 0 Å². The van der Waals surface area contributed by atoms with E-state index in [0.29, 0.717) is 6.04 Å². The molecule has 0 saturated heterocycles. The van der Waals surface area contributed by atoms with Crippen molar-refractivity contribution in [2.24, 2.45) is 0 Å². The van der Waals surface area contributed by atoms with Crippen LogP contribution in [-0.2, 0) is 6.42 Å². The first-order valence-corrected chi connectivity index (χ1v) is 8.80. The van der Waals surface area contributed by atoms with E-state index in [0.717, 1.165) is 26.1 Å². The minimum absolute atomic E-state index is 0.354. The minimum atomic E-state index is 0.354. The van der Waals surface area contributed by atoms with Gasteiger partial charge in [-0.15, -0.1) is 0 Å². The van der Waals surface area contributed by atoms with Crippen LogP contribution in [0.5, 0.6) is 0 Å². The molecule has 0 aliphatic rings. The number of hydrogen-bond acceptors (Lipinski definition) is 2. The predicted molar refractivity (Wildman–Crippen MR) is 103 cm³/mol. The van der Waals surface area contributed by atoms with Gasteiger partial charge >= 0.3 is 0 Å². The molecule has 0 bridgehead atoms. The SMILES string of the molecule is C[C@@H](NCCNCCc1ccccc1)c1cccc2ccccc12. The molecule has 0 aliphatic heterocycles. The van der Waals surface area contributed by atoms with Crippen LogP contribution < -0.4 is 10.6 Å². The summed E-state index contributed by atoms with van der Waals surface area (Å²) in [5.74, 6) is 0. The molecule has 0 fully saturated rings. The van der Waals surface area contributed by atoms with E-state index >= 15 is 0 Å². The van der Waals surface area contributed by atoms with E-state index in [4.69, 9.17) is 0 Å². The molecule has 0 aromatic heterocycles. The Hall–Kier alpha value is -2.16. The summed E-state index contributed by atoms with van der Waals surface area (Å²) in [4.78, 5) is 0. The summed E-state index contributed by atoms with van der Waals surface area (Å²) in [6.07, 6.45) is 1.08. The van der Waals surface area contributed by atoms with Gasteiger partial charge in [0.15, 0.2) is 0 Å². The standard InChI is InChI=1S/C22H26N2/c1-18(21-13-7-11-20-10-5-6-12-22(20)21)24-17-16-23-15-14-19-8-3-2-4-9-19/h2-13,18,23-24H,14-17H2,1H3/t18-/m1/s1. The van der Waals surface area contributed by atoms with E-state index in [9.17, 15) is 0 Å². The average Bonchev–Trinajstić information content (AvgIpc) is 2.64. The highest BCUT2D eigenvalue weighted by molar-refractivity contribution is 5.86. The van der Waals surface area contributed by atoms with E-state index in [-0.39, 0.29) is 0 Å². The summed E-state index contributed by atoms with van der Waals surface area (Å²) < 4.78 is 0. The summed E-state index contributed by atoms with van der Waals surface area (Å²) in [6, 6.07) is 26.1. The molecule has 0 radical (unpaired) electrons. The van der Waals surface area contributed by atoms with Gasteiger partial charge in [-0.2, -0.15) is 0 Å². The molecule has 0 amide bonds. The van der Waals surface area contributed by atoms with Crippen molar-refractivity contribution >= 4 is 10.8 Å². The molecule has 2 N–H and O–H groups in total. The first-order chi connectivity index (χ1) is 11.8. The quantitative estimate of drug-likeness (QED) is 0.604. The molecule has 1 atom stereocenters. The highest BCUT2D eigenvalue weighted by Gasteiger charge is 2.07. The van der Waals surface area contributed by atoms with E-state index in [1.54, 1.807) is 0 Å². The smallest absolute Gasteiger partial charge is 0.0298 e. The van der Waals surface area contributed by atoms with Gasteiger partial charge in [-0.25, -0.2) is 0 Å². The van der Waals surface area contributed by atoms with Crippen LogP contribution in [-0.4, -0.2) is 19.6 Å². The van der Waals surface area contributed by atoms with Gasteiger partial charge < -0.3 is 10.6 Å². The summed E-state index contributed by atoms with van der Waals surface area (Å²) >= 11 is 0. The highest BCUT2D eigenvalue weighted by Crippen LogP contribution is 2.23. The average molecular weight is 318 g/mol. The van der Waals surface area contributed by atoms with Crippen LogP contribution >= 0.6 is 0 Å². The van der Waals surface area contributed by atoms with Gasteiger partial charge in [-0.05, 0) is 41.8 Å². The van der Waals surface area contributed by atoms with Crippen molar-refractivity contribution in [2.75, 3.05) is 19.6 Å². The molecule has 3 rings (SSSR count). The molecule has 124 valence electrons. The topological polar surface area (TPSA) is 24.1 Å². The van der Waals surface area contributed by atoms with Crippen LogP contribution in [0.3, 0.4) is 0 Å². The zero-order chi connectivity index (χ0) is 16.6. The van der Waals surface area contributed by atoms with Gasteiger partial charge in [-0.1, -0.05) is 72.8 Å². The van der Waals surface area contributed by atoms with Crippen molar-refractivity contribution in [1.29, 1.82) is 0 Å². The fraction of sp³-hybridized carbons (Fsp3) is 0.273. The number of fused-ring (bicyclic) bond motifs is 1. The summed E-state index contributed by atoms with van der Waals surface area (Å²) in [5.41, 5.74) is 2.76. The van der Waals surface area contributed by atoms with Crippen molar-refractivity contribution in [3.05, 3.63) is 83.9 Å². The normalized spacial score (nSPS) is 12.4. The maximum Gasteiger partial charge on any atom is 0.0298 e. The van der Waals surface area contributed by atoms with Gasteiger partial charge in [0.1, 0.15) is 0 Å². The second-order valence-electron chi connectivity index (χ2n) is 6.23. The van der Waals surface area contributed by atoms with Crippen LogP contribution in [0.1, 0.15) is 24.1 Å². The summed E-state index contributed by atoms with van der Waals surface area (Å²) in [7, 11) is 0. The maximum absolute atomic E-state index is 3.63. The largest absolute Gasteiger partial charge is 0.315 e. The minimum Gasteiger partial charge on any atom is -0.315 e. The lowest BCUT2D eigenvalue weighted by Crippen LogP contribution is -2.30. The summed E-state index contributed by atoms with van der Waals surface area (Å²) in [5, 5.41) is 9.80. The molecular formula is C22H26N2. The number of nitrogens with one attached hydrogen (secondary N) is 2. The van der Waals surface area contributed by atoms with Gasteiger partial charge in [0.2, 0.25) is 0 Å². The first-order valence-electron chi connectivity index (χ1n) is 8.80. The van der Waals surface area contributed by atoms with Crippen LogP contribution in [0.25, 0.3) is 10.8 Å². The molecule has 0 spiro atoms. The van der Waals surface area contributed by atoms with Gasteiger partial charge in [0.05, 0.1) is 0 Å². The molecule has 0 saturated carbocycles. The van der Waals surface area contributed by atoms with E-state index < -0.39 is 0 Å². The van der Waals surface area contributed by atoms with E-state index in [1.165, 1.54) is 21.9 Å². The van der Waals surface area contributed by atoms with Crippen molar-refractivity contribution in [1.82, 2.24) is 10.6 Å². The fourth-order valence-electron chi connectivity index (χ4n) is 3.12. The zero-order valence-electron chi connectivity index (χ0n) is 14.3. The molecule has 24 heavy (non-hydrogen) atoms. The maximum atomic E-state index is 3.63. The molecule has 0 aliphatic carbocycles. The van der Waals surface area contributed by atoms with Gasteiger partial charge in [0, 0.05) is 19.1 Å². The van der Waals surface area contributed by atoms with Crippen LogP contribution in [0.2, 0.25) is 0 Å². The third kappa shape index (κ3) is 4.44. The van der Waals surface area contributed by atoms with Crippen molar-refractivity contribution in [3.8, 4) is 0 Å². The van der Waals surface area contributed by atoms with Crippen molar-refractivity contribution in [2.45, 2.75) is 19.4 Å². The Morgan fingerprint density at radius 3 is 2.38 bits per heavy atom. The molecule has 0 unspecified atom stereocenters. The Balaban J connectivity index is 1.43. The fourth-order valence-corrected chi connectivity index (χ4v) is 3.12. The Morgan fingerprint density at radius 1 is 0.750 bits per heavy atom. The third-order valence-electron chi connectivity index (χ3n) is 4.48. The first kappa shape index (κ1) is 16.7. The van der Waals surface area contributed by atoms with Crippen molar-refractivity contribution in [3.63, 3.8) is 0 Å². The Bertz CT molecular complexity index is 747. The Morgan fingerprint density at radius 2 is 1.50 bits per heavy atom. The Labute approximate surface area is 144 Å². The highest BCUT2D eigenvalue weighted by atomic mass is 15.0. The molecular weight excluding hydrogens is 292 g/mol. The monoisotopic (exact) mass is 318 g/mol. The zero-order valence-corrected chi connectivity index (χ0v) is 14.3. The molecule has 2 nitrogen and oxygen atoms in total. The van der Waals surface area contributed by atoms with Gasteiger partial charge in [0.25, 0.3) is 0 Å². The number of benzene rings is 3. The predicted octanol–water partition coefficient (Wildman–Crippen LogP) is 4.32. The van der Waals surface area contributed by atoms with E-state index in [1.807, 2.05) is 0 Å². The lowest BCUT2D eigenvalue weighted by Gasteiger charge is -2.17. The molecule has 2 heteroatoms. The second-order valence-corrected chi connectivity index (χ2v) is 6.23. The number of hydrogen-bond donors (Lipinski definition) is 2. The molecule has 0 heterocycles. The van der Waals surface area contributed by atoms with Crippen LogP contribution in [0.15, 0.2) is 72.8 Å². The summed E-state index contributed by atoms with van der Waals surface area (Å²) in [6.45, 7) is 5.22. The number of rotatable bonds is 8. The van der Waals surface area contributed by atoms with Crippen LogP contribution in [0, 0.1) is 0 Å². The van der Waals surface area contributed by atoms with Crippen LogP contribution in [0.4, 0.5) is 0 Å². The third-order valence-corrected chi connectivity index (χ3v) is 4.48. The second kappa shape index (κ2) is 8.62. The van der Waals surface area contributed by atoms with E-state index in [2.05, 4.69) is 90.4 Å². The Kier molecular flexibility index (Phi) is 6.00. The van der Waals surface area contributed by atoms with Gasteiger partial charge in [-0.3, -0.25) is 0 Å². The molecule has 3 aromatic rings. The molecule has 3 aromatic carbocycles. The lowest BCUT2D eigenvalue weighted by molar-refractivity contribution is 0.549.